The Morgan fingerprint density at radius 2 is 2.00 bits per heavy atom. The second kappa shape index (κ2) is 4.78. The zero-order chi connectivity index (χ0) is 12.5. The van der Waals surface area contributed by atoms with E-state index in [2.05, 4.69) is 5.32 Å². The number of carbonyl (C=O) groups excluding carboxylic acids is 1. The lowest BCUT2D eigenvalue weighted by molar-refractivity contribution is -0.129. The molecule has 0 aromatic carbocycles. The maximum Gasteiger partial charge on any atom is 0.249 e. The van der Waals surface area contributed by atoms with Gasteiger partial charge in [-0.1, -0.05) is 12.8 Å². The maximum atomic E-state index is 12.1. The summed E-state index contributed by atoms with van der Waals surface area (Å²) >= 11 is 0. The molecule has 0 aromatic rings. The predicted molar refractivity (Wildman–Crippen MR) is 66.6 cm³/mol. The number of carbonyl (C=O) groups is 1. The SMILES string of the molecule is CC(C(=O)N(C)CC1(O)CCCC1)=C1CNC1. The van der Waals surface area contributed by atoms with E-state index < -0.39 is 5.60 Å². The minimum Gasteiger partial charge on any atom is -0.388 e. The van der Waals surface area contributed by atoms with Gasteiger partial charge in [-0.2, -0.15) is 0 Å². The monoisotopic (exact) mass is 238 g/mol. The van der Waals surface area contributed by atoms with Crippen molar-refractivity contribution in [3.05, 3.63) is 11.1 Å². The number of amides is 1. The van der Waals surface area contributed by atoms with Crippen molar-refractivity contribution in [2.45, 2.75) is 38.2 Å². The normalized spacial score (nSPS) is 22.2. The summed E-state index contributed by atoms with van der Waals surface area (Å²) in [6, 6.07) is 0. The third-order valence-electron chi connectivity index (χ3n) is 3.94. The van der Waals surface area contributed by atoms with E-state index >= 15 is 0 Å². The van der Waals surface area contributed by atoms with Crippen molar-refractivity contribution in [3.8, 4) is 0 Å². The van der Waals surface area contributed by atoms with Crippen molar-refractivity contribution in [1.82, 2.24) is 10.2 Å². The molecule has 0 atom stereocenters. The quantitative estimate of drug-likeness (QED) is 0.711. The second-order valence-electron chi connectivity index (χ2n) is 5.42. The van der Waals surface area contributed by atoms with Gasteiger partial charge in [-0.15, -0.1) is 0 Å². The summed E-state index contributed by atoms with van der Waals surface area (Å²) in [5, 5.41) is 13.4. The number of nitrogens with zero attached hydrogens (tertiary/aromatic N) is 1. The zero-order valence-corrected chi connectivity index (χ0v) is 10.8. The van der Waals surface area contributed by atoms with Crippen molar-refractivity contribution < 1.29 is 9.90 Å². The molecule has 17 heavy (non-hydrogen) atoms. The average Bonchev–Trinajstić information content (AvgIpc) is 2.60. The first-order chi connectivity index (χ1) is 8.02. The molecule has 2 fully saturated rings. The lowest BCUT2D eigenvalue weighted by atomic mass is 10.00. The van der Waals surface area contributed by atoms with E-state index in [9.17, 15) is 9.90 Å². The highest BCUT2D eigenvalue weighted by atomic mass is 16.3. The first kappa shape index (κ1) is 12.6. The van der Waals surface area contributed by atoms with Gasteiger partial charge in [0, 0.05) is 32.3 Å². The van der Waals surface area contributed by atoms with E-state index in [1.807, 2.05) is 6.92 Å². The van der Waals surface area contributed by atoms with Gasteiger partial charge in [0.1, 0.15) is 0 Å². The van der Waals surface area contributed by atoms with Gasteiger partial charge < -0.3 is 15.3 Å². The number of hydrogen-bond acceptors (Lipinski definition) is 3. The number of likely N-dealkylation sites (N-methyl/N-ethyl adjacent to an activating group) is 1. The molecule has 1 saturated carbocycles. The standard InChI is InChI=1S/C13H22N2O2/c1-10(11-7-14-8-11)12(16)15(2)9-13(17)5-3-4-6-13/h14,17H,3-9H2,1-2H3. The smallest absolute Gasteiger partial charge is 0.249 e. The van der Waals surface area contributed by atoms with E-state index in [-0.39, 0.29) is 5.91 Å². The van der Waals surface area contributed by atoms with Gasteiger partial charge in [-0.05, 0) is 25.3 Å². The molecule has 0 aromatic heterocycles. The van der Waals surface area contributed by atoms with Crippen molar-refractivity contribution in [2.75, 3.05) is 26.7 Å². The Balaban J connectivity index is 1.95. The van der Waals surface area contributed by atoms with Crippen LogP contribution in [0.3, 0.4) is 0 Å². The highest BCUT2D eigenvalue weighted by molar-refractivity contribution is 5.93. The van der Waals surface area contributed by atoms with Crippen LogP contribution in [0.2, 0.25) is 0 Å². The summed E-state index contributed by atoms with van der Waals surface area (Å²) in [5.74, 6) is 0.0572. The molecule has 1 aliphatic carbocycles. The molecule has 1 aliphatic heterocycles. The first-order valence-corrected chi connectivity index (χ1v) is 6.39. The Labute approximate surface area is 103 Å². The topological polar surface area (TPSA) is 52.6 Å². The Kier molecular flexibility index (Phi) is 3.54. The molecular formula is C13H22N2O2. The lowest BCUT2D eigenvalue weighted by Gasteiger charge is -2.30. The summed E-state index contributed by atoms with van der Waals surface area (Å²) in [5.41, 5.74) is 1.39. The fourth-order valence-corrected chi connectivity index (χ4v) is 2.66. The van der Waals surface area contributed by atoms with Crippen LogP contribution in [0.1, 0.15) is 32.6 Å². The van der Waals surface area contributed by atoms with Crippen LogP contribution in [0.15, 0.2) is 11.1 Å². The van der Waals surface area contributed by atoms with Crippen molar-refractivity contribution in [3.63, 3.8) is 0 Å². The van der Waals surface area contributed by atoms with Gasteiger partial charge in [0.2, 0.25) is 5.91 Å². The van der Waals surface area contributed by atoms with E-state index in [0.29, 0.717) is 6.54 Å². The van der Waals surface area contributed by atoms with Gasteiger partial charge in [0.25, 0.3) is 0 Å². The minimum atomic E-state index is -0.646. The molecule has 0 unspecified atom stereocenters. The molecule has 0 spiro atoms. The molecular weight excluding hydrogens is 216 g/mol. The van der Waals surface area contributed by atoms with Crippen molar-refractivity contribution in [2.24, 2.45) is 0 Å². The second-order valence-corrected chi connectivity index (χ2v) is 5.42. The van der Waals surface area contributed by atoms with E-state index in [1.54, 1.807) is 11.9 Å². The van der Waals surface area contributed by atoms with Crippen molar-refractivity contribution in [1.29, 1.82) is 0 Å². The summed E-state index contributed by atoms with van der Waals surface area (Å²) in [4.78, 5) is 13.8. The fourth-order valence-electron chi connectivity index (χ4n) is 2.66. The van der Waals surface area contributed by atoms with E-state index in [1.165, 1.54) is 5.57 Å². The molecule has 1 amide bonds. The Hall–Kier alpha value is -0.870. The molecule has 2 aliphatic rings. The Bertz CT molecular complexity index is 337. The third-order valence-corrected chi connectivity index (χ3v) is 3.94. The molecule has 1 heterocycles. The van der Waals surface area contributed by atoms with Crippen LogP contribution in [0.5, 0.6) is 0 Å². The lowest BCUT2D eigenvalue weighted by Crippen LogP contribution is -2.44. The summed E-state index contributed by atoms with van der Waals surface area (Å²) in [6.07, 6.45) is 3.79. The molecule has 2 N–H and O–H groups in total. The highest BCUT2D eigenvalue weighted by Crippen LogP contribution is 2.30. The molecule has 0 bridgehead atoms. The largest absolute Gasteiger partial charge is 0.388 e. The number of rotatable bonds is 3. The first-order valence-electron chi connectivity index (χ1n) is 6.39. The van der Waals surface area contributed by atoms with E-state index in [0.717, 1.165) is 44.3 Å². The number of hydrogen-bond donors (Lipinski definition) is 2. The third kappa shape index (κ3) is 2.69. The summed E-state index contributed by atoms with van der Waals surface area (Å²) in [7, 11) is 1.79. The van der Waals surface area contributed by atoms with Crippen LogP contribution in [0.4, 0.5) is 0 Å². The number of nitrogens with one attached hydrogen (secondary N) is 1. The van der Waals surface area contributed by atoms with Crippen LogP contribution in [-0.2, 0) is 4.79 Å². The van der Waals surface area contributed by atoms with Crippen LogP contribution in [0, 0.1) is 0 Å². The Morgan fingerprint density at radius 1 is 1.41 bits per heavy atom. The van der Waals surface area contributed by atoms with Crippen LogP contribution in [-0.4, -0.2) is 48.2 Å². The minimum absolute atomic E-state index is 0.0572. The maximum absolute atomic E-state index is 12.1. The average molecular weight is 238 g/mol. The predicted octanol–water partition coefficient (Wildman–Crippen LogP) is 0.670. The van der Waals surface area contributed by atoms with Crippen LogP contribution >= 0.6 is 0 Å². The molecule has 1 saturated heterocycles. The van der Waals surface area contributed by atoms with Crippen molar-refractivity contribution >= 4 is 5.91 Å². The van der Waals surface area contributed by atoms with Gasteiger partial charge in [0.05, 0.1) is 5.60 Å². The van der Waals surface area contributed by atoms with Gasteiger partial charge in [-0.3, -0.25) is 4.79 Å². The Morgan fingerprint density at radius 3 is 2.47 bits per heavy atom. The summed E-state index contributed by atoms with van der Waals surface area (Å²) in [6.45, 7) is 4.00. The van der Waals surface area contributed by atoms with Gasteiger partial charge in [0.15, 0.2) is 0 Å². The zero-order valence-electron chi connectivity index (χ0n) is 10.8. The molecule has 96 valence electrons. The number of aliphatic hydroxyl groups is 1. The molecule has 2 rings (SSSR count). The molecule has 4 heteroatoms. The van der Waals surface area contributed by atoms with Crippen LogP contribution in [0.25, 0.3) is 0 Å². The molecule has 0 radical (unpaired) electrons. The van der Waals surface area contributed by atoms with Crippen LogP contribution < -0.4 is 5.32 Å². The fraction of sp³-hybridized carbons (Fsp3) is 0.769. The van der Waals surface area contributed by atoms with E-state index in [4.69, 9.17) is 0 Å². The van der Waals surface area contributed by atoms with Gasteiger partial charge >= 0.3 is 0 Å². The molecule has 4 nitrogen and oxygen atoms in total. The summed E-state index contributed by atoms with van der Waals surface area (Å²) < 4.78 is 0. The highest BCUT2D eigenvalue weighted by Gasteiger charge is 2.33. The van der Waals surface area contributed by atoms with Gasteiger partial charge in [-0.25, -0.2) is 0 Å².